The Morgan fingerprint density at radius 3 is 2.81 bits per heavy atom. The lowest BCUT2D eigenvalue weighted by molar-refractivity contribution is -0.924. The fourth-order valence-electron chi connectivity index (χ4n) is 6.73. The molecular formula is C20H25NO5. The first-order valence-corrected chi connectivity index (χ1v) is 9.89. The summed E-state index contributed by atoms with van der Waals surface area (Å²) in [5.41, 5.74) is -0.0968. The largest absolute Gasteiger partial charge is 0.632 e. The molecule has 1 saturated heterocycles. The quantitative estimate of drug-likeness (QED) is 0.547. The second-order valence-corrected chi connectivity index (χ2v) is 9.26. The van der Waals surface area contributed by atoms with Crippen LogP contribution in [-0.4, -0.2) is 56.9 Å². The Morgan fingerprint density at radius 2 is 2.04 bits per heavy atom. The number of hydroxylamine groups is 3. The van der Waals surface area contributed by atoms with E-state index >= 15 is 0 Å². The van der Waals surface area contributed by atoms with Crippen LogP contribution in [0.5, 0.6) is 11.5 Å². The molecule has 26 heavy (non-hydrogen) atoms. The second-order valence-electron chi connectivity index (χ2n) is 9.26. The van der Waals surface area contributed by atoms with Crippen LogP contribution in [-0.2, 0) is 11.8 Å². The van der Waals surface area contributed by atoms with Gasteiger partial charge in [0.1, 0.15) is 17.7 Å². The summed E-state index contributed by atoms with van der Waals surface area (Å²) in [5.74, 6) is 0.970. The summed E-state index contributed by atoms with van der Waals surface area (Å²) in [6.45, 7) is 1.04. The summed E-state index contributed by atoms with van der Waals surface area (Å²) in [6, 6.07) is 3.08. The third kappa shape index (κ3) is 1.59. The van der Waals surface area contributed by atoms with E-state index in [0.29, 0.717) is 50.4 Å². The number of rotatable bonds is 2. The fourth-order valence-corrected chi connectivity index (χ4v) is 6.73. The Hall–Kier alpha value is -1.34. The van der Waals surface area contributed by atoms with Gasteiger partial charge in [-0.15, -0.1) is 0 Å². The molecule has 1 aromatic carbocycles. The fraction of sp³-hybridized carbons (Fsp3) is 0.700. The van der Waals surface area contributed by atoms with Crippen molar-refractivity contribution < 1.29 is 24.7 Å². The molecule has 2 bridgehead atoms. The minimum atomic E-state index is -1.18. The normalized spacial score (nSPS) is 48.0. The number of hydrogen-bond acceptors (Lipinski definition) is 5. The van der Waals surface area contributed by atoms with Crippen molar-refractivity contribution >= 4 is 0 Å². The Balaban J connectivity index is 1.59. The molecule has 5 aliphatic rings. The van der Waals surface area contributed by atoms with Crippen molar-refractivity contribution in [3.05, 3.63) is 28.5 Å². The highest BCUT2D eigenvalue weighted by Crippen LogP contribution is 2.66. The summed E-state index contributed by atoms with van der Waals surface area (Å²) in [4.78, 5) is 0. The van der Waals surface area contributed by atoms with Gasteiger partial charge >= 0.3 is 0 Å². The average Bonchev–Trinajstić information content (AvgIpc) is 3.32. The first kappa shape index (κ1) is 15.7. The summed E-state index contributed by atoms with van der Waals surface area (Å²) < 4.78 is 5.76. The minimum absolute atomic E-state index is 0.0620. The van der Waals surface area contributed by atoms with Gasteiger partial charge in [0.2, 0.25) is 0 Å². The first-order valence-electron chi connectivity index (χ1n) is 9.89. The number of ether oxygens (including phenoxy) is 1. The predicted octanol–water partition coefficient (Wildman–Crippen LogP) is 1.33. The number of nitrogens with zero attached hydrogens (tertiary/aromatic N) is 1. The molecule has 0 aromatic heterocycles. The molecule has 0 amide bonds. The van der Waals surface area contributed by atoms with Crippen LogP contribution in [0.25, 0.3) is 0 Å². The molecule has 3 unspecified atom stereocenters. The van der Waals surface area contributed by atoms with E-state index in [1.54, 1.807) is 6.07 Å². The second kappa shape index (κ2) is 4.55. The van der Waals surface area contributed by atoms with Gasteiger partial charge in [0.15, 0.2) is 11.5 Å². The maximum atomic E-state index is 13.9. The van der Waals surface area contributed by atoms with E-state index < -0.39 is 29.3 Å². The van der Waals surface area contributed by atoms with Crippen molar-refractivity contribution in [2.75, 3.05) is 13.1 Å². The summed E-state index contributed by atoms with van der Waals surface area (Å²) in [7, 11) is 0. The van der Waals surface area contributed by atoms with E-state index in [0.717, 1.165) is 24.0 Å². The molecule has 2 aliphatic heterocycles. The van der Waals surface area contributed by atoms with Gasteiger partial charge in [0.25, 0.3) is 0 Å². The number of phenolic OH excluding ortho intramolecular Hbond substituents is 1. The van der Waals surface area contributed by atoms with Gasteiger partial charge in [-0.1, -0.05) is 6.07 Å². The molecule has 6 atom stereocenters. The molecule has 0 radical (unpaired) electrons. The Bertz CT molecular complexity index is 810. The molecule has 140 valence electrons. The van der Waals surface area contributed by atoms with Crippen LogP contribution in [0.15, 0.2) is 12.1 Å². The molecule has 1 aromatic rings. The van der Waals surface area contributed by atoms with Crippen molar-refractivity contribution in [3.63, 3.8) is 0 Å². The number of phenols is 1. The number of piperidine rings is 1. The zero-order valence-corrected chi connectivity index (χ0v) is 14.7. The topological polar surface area (TPSA) is 93.0 Å². The van der Waals surface area contributed by atoms with Crippen LogP contribution < -0.4 is 4.74 Å². The molecule has 1 spiro atoms. The van der Waals surface area contributed by atoms with Crippen molar-refractivity contribution in [3.8, 4) is 11.5 Å². The predicted molar refractivity (Wildman–Crippen MR) is 92.6 cm³/mol. The van der Waals surface area contributed by atoms with Crippen LogP contribution in [0.4, 0.5) is 0 Å². The maximum Gasteiger partial charge on any atom is 0.165 e. The van der Waals surface area contributed by atoms with Crippen LogP contribution in [0.3, 0.4) is 0 Å². The van der Waals surface area contributed by atoms with Crippen molar-refractivity contribution in [1.29, 1.82) is 0 Å². The lowest BCUT2D eigenvalue weighted by atomic mass is 9.48. The number of aliphatic hydroxyl groups is 2. The van der Waals surface area contributed by atoms with Crippen LogP contribution in [0, 0.1) is 11.1 Å². The summed E-state index contributed by atoms with van der Waals surface area (Å²) in [6.07, 6.45) is 2.83. The highest BCUT2D eigenvalue weighted by Gasteiger charge is 2.75. The molecule has 3 N–H and O–H groups in total. The van der Waals surface area contributed by atoms with Crippen LogP contribution in [0.2, 0.25) is 0 Å². The zero-order chi connectivity index (χ0) is 17.9. The van der Waals surface area contributed by atoms with Crippen LogP contribution in [0.1, 0.15) is 43.2 Å². The smallest absolute Gasteiger partial charge is 0.165 e. The Labute approximate surface area is 152 Å². The standard InChI is InChI=1S/C20H25NO5/c22-13-4-3-12-9-15-20(24)6-5-14(23)18-19(20,16(12)17(13)26-18)7-8-21(15,25)10-11-1-2-11/h3-4,11,14-15,18,22-24H,1-2,5-10H2/t14?,15-,18?,19+,20-,21?/m1/s1. The van der Waals surface area contributed by atoms with Crippen molar-refractivity contribution in [2.45, 2.75) is 67.8 Å². The monoisotopic (exact) mass is 359 g/mol. The SMILES string of the molecule is [O-][N+]1(CC2CC2)CC[C@]23c4c5ccc(O)c4OC2C(O)CC[C@@]3(O)[C@H]1C5. The third-order valence-electron chi connectivity index (χ3n) is 8.02. The number of aliphatic hydroxyl groups excluding tert-OH is 1. The Morgan fingerprint density at radius 1 is 1.23 bits per heavy atom. The van der Waals surface area contributed by atoms with Gasteiger partial charge in [-0.3, -0.25) is 0 Å². The molecule has 6 rings (SSSR count). The lowest BCUT2D eigenvalue weighted by Crippen LogP contribution is -2.80. The van der Waals surface area contributed by atoms with E-state index in [1.165, 1.54) is 0 Å². The molecule has 6 heteroatoms. The van der Waals surface area contributed by atoms with Crippen LogP contribution >= 0.6 is 0 Å². The molecule has 2 heterocycles. The van der Waals surface area contributed by atoms with Gasteiger partial charge in [0, 0.05) is 24.3 Å². The van der Waals surface area contributed by atoms with E-state index in [2.05, 4.69) is 0 Å². The molecule has 6 nitrogen and oxygen atoms in total. The number of likely N-dealkylation sites (tertiary alicyclic amines) is 1. The van der Waals surface area contributed by atoms with Gasteiger partial charge < -0.3 is 29.9 Å². The molecule has 2 saturated carbocycles. The zero-order valence-electron chi connectivity index (χ0n) is 14.7. The maximum absolute atomic E-state index is 13.9. The van der Waals surface area contributed by atoms with E-state index in [9.17, 15) is 20.5 Å². The highest BCUT2D eigenvalue weighted by molar-refractivity contribution is 5.62. The first-order chi connectivity index (χ1) is 12.4. The number of benzene rings is 1. The lowest BCUT2D eigenvalue weighted by Gasteiger charge is -2.67. The average molecular weight is 359 g/mol. The third-order valence-corrected chi connectivity index (χ3v) is 8.02. The van der Waals surface area contributed by atoms with E-state index in [-0.39, 0.29) is 10.4 Å². The summed E-state index contributed by atoms with van der Waals surface area (Å²) in [5, 5.41) is 46.9. The van der Waals surface area contributed by atoms with E-state index in [1.807, 2.05) is 6.07 Å². The number of aromatic hydroxyl groups is 1. The van der Waals surface area contributed by atoms with Crippen molar-refractivity contribution in [2.24, 2.45) is 5.92 Å². The number of quaternary nitrogens is 1. The molecule has 3 fully saturated rings. The minimum Gasteiger partial charge on any atom is -0.632 e. The van der Waals surface area contributed by atoms with Gasteiger partial charge in [0.05, 0.1) is 24.6 Å². The number of hydrogen-bond donors (Lipinski definition) is 3. The van der Waals surface area contributed by atoms with Crippen molar-refractivity contribution in [1.82, 2.24) is 0 Å². The van der Waals surface area contributed by atoms with Gasteiger partial charge in [-0.25, -0.2) is 0 Å². The van der Waals surface area contributed by atoms with Gasteiger partial charge in [-0.2, -0.15) is 0 Å². The van der Waals surface area contributed by atoms with Gasteiger partial charge in [-0.05, 0) is 37.3 Å². The van der Waals surface area contributed by atoms with E-state index in [4.69, 9.17) is 4.74 Å². The molecular weight excluding hydrogens is 334 g/mol. The summed E-state index contributed by atoms with van der Waals surface area (Å²) >= 11 is 0. The highest BCUT2D eigenvalue weighted by atomic mass is 16.6. The molecule has 3 aliphatic carbocycles. The Kier molecular flexibility index (Phi) is 2.75.